The van der Waals surface area contributed by atoms with Crippen LogP contribution < -0.4 is 4.74 Å². The summed E-state index contributed by atoms with van der Waals surface area (Å²) in [7, 11) is 1.74. The van der Waals surface area contributed by atoms with Crippen molar-refractivity contribution in [2.45, 2.75) is 13.0 Å². The summed E-state index contributed by atoms with van der Waals surface area (Å²) in [6, 6.07) is 6.87. The third kappa shape index (κ3) is 4.05. The first-order valence-electron chi connectivity index (χ1n) is 6.66. The van der Waals surface area contributed by atoms with Crippen LogP contribution in [0.15, 0.2) is 42.7 Å². The van der Waals surface area contributed by atoms with Gasteiger partial charge in [-0.25, -0.2) is 4.79 Å². The van der Waals surface area contributed by atoms with Crippen LogP contribution in [-0.2, 0) is 11.8 Å². The first kappa shape index (κ1) is 15.5. The number of carbonyl (C=O) groups excluding carboxylic acids is 1. The van der Waals surface area contributed by atoms with Crippen LogP contribution in [0.2, 0.25) is 0 Å². The maximum absolute atomic E-state index is 11.9. The predicted octanol–water partition coefficient (Wildman–Crippen LogP) is 2.17. The van der Waals surface area contributed by atoms with Crippen LogP contribution >= 0.6 is 0 Å². The summed E-state index contributed by atoms with van der Waals surface area (Å²) in [5.41, 5.74) is 1.25. The van der Waals surface area contributed by atoms with Gasteiger partial charge in [-0.1, -0.05) is 18.2 Å². The van der Waals surface area contributed by atoms with E-state index in [1.165, 1.54) is 19.2 Å². The second-order valence-corrected chi connectivity index (χ2v) is 4.77. The van der Waals surface area contributed by atoms with Crippen molar-refractivity contribution in [1.82, 2.24) is 9.78 Å². The van der Waals surface area contributed by atoms with Gasteiger partial charge in [0.1, 0.15) is 5.75 Å². The first-order chi connectivity index (χ1) is 10.5. The van der Waals surface area contributed by atoms with Crippen molar-refractivity contribution in [2.24, 2.45) is 7.05 Å². The van der Waals surface area contributed by atoms with E-state index in [0.29, 0.717) is 11.3 Å². The van der Waals surface area contributed by atoms with Gasteiger partial charge >= 0.3 is 5.97 Å². The molecule has 1 aromatic carbocycles. The van der Waals surface area contributed by atoms with Crippen LogP contribution in [0.5, 0.6) is 5.75 Å². The Labute approximate surface area is 127 Å². The Hall–Kier alpha value is -2.89. The zero-order valence-corrected chi connectivity index (χ0v) is 12.3. The maximum atomic E-state index is 11.9. The van der Waals surface area contributed by atoms with E-state index >= 15 is 0 Å². The van der Waals surface area contributed by atoms with Crippen LogP contribution in [0.25, 0.3) is 6.08 Å². The lowest BCUT2D eigenvalue weighted by molar-refractivity contribution is -0.144. The number of benzene rings is 1. The van der Waals surface area contributed by atoms with Crippen molar-refractivity contribution in [3.8, 4) is 5.75 Å². The highest BCUT2D eigenvalue weighted by Crippen LogP contribution is 2.16. The van der Waals surface area contributed by atoms with E-state index in [-0.39, 0.29) is 5.78 Å². The number of ketones is 1. The molecule has 22 heavy (non-hydrogen) atoms. The number of hydrogen-bond donors (Lipinski definition) is 1. The molecule has 2 rings (SSSR count). The molecular weight excluding hydrogens is 284 g/mol. The molecular formula is C16H16N2O4. The fraction of sp³-hybridized carbons (Fsp3) is 0.188. The molecule has 114 valence electrons. The summed E-state index contributed by atoms with van der Waals surface area (Å²) in [6.45, 7) is 1.46. The number of rotatable bonds is 6. The lowest BCUT2D eigenvalue weighted by atomic mass is 10.1. The third-order valence-electron chi connectivity index (χ3n) is 2.94. The average Bonchev–Trinajstić information content (AvgIpc) is 2.91. The van der Waals surface area contributed by atoms with Gasteiger partial charge in [0.05, 0.1) is 11.8 Å². The van der Waals surface area contributed by atoms with Gasteiger partial charge in [0.15, 0.2) is 11.9 Å². The summed E-state index contributed by atoms with van der Waals surface area (Å²) < 4.78 is 6.84. The largest absolute Gasteiger partial charge is 0.479 e. The Kier molecular flexibility index (Phi) is 4.73. The zero-order valence-electron chi connectivity index (χ0n) is 12.3. The van der Waals surface area contributed by atoms with Crippen LogP contribution in [0.4, 0.5) is 0 Å². The van der Waals surface area contributed by atoms with E-state index in [9.17, 15) is 9.59 Å². The lowest BCUT2D eigenvalue weighted by Crippen LogP contribution is -2.22. The topological polar surface area (TPSA) is 81.4 Å². The van der Waals surface area contributed by atoms with E-state index in [1.807, 2.05) is 0 Å². The number of aromatic nitrogens is 2. The standard InChI is InChI=1S/C16H16N2O4/c1-11(16(20)21)22-14-5-3-4-12(8-14)6-7-15(19)13-9-17-18(2)10-13/h3-11H,1-2H3,(H,20,21)/b7-6+. The molecule has 0 bridgehead atoms. The molecule has 0 aliphatic heterocycles. The molecule has 1 unspecified atom stereocenters. The number of hydrogen-bond acceptors (Lipinski definition) is 4. The fourth-order valence-electron chi connectivity index (χ4n) is 1.76. The summed E-state index contributed by atoms with van der Waals surface area (Å²) in [6.07, 6.45) is 5.29. The van der Waals surface area contributed by atoms with Crippen molar-refractivity contribution in [3.05, 3.63) is 53.9 Å². The molecule has 0 saturated heterocycles. The Morgan fingerprint density at radius 2 is 2.18 bits per heavy atom. The molecule has 1 heterocycles. The molecule has 0 amide bonds. The van der Waals surface area contributed by atoms with Gasteiger partial charge in [-0.05, 0) is 30.7 Å². The van der Waals surface area contributed by atoms with Gasteiger partial charge < -0.3 is 9.84 Å². The normalized spacial score (nSPS) is 12.3. The minimum absolute atomic E-state index is 0.154. The first-order valence-corrected chi connectivity index (χ1v) is 6.66. The van der Waals surface area contributed by atoms with Gasteiger partial charge in [-0.15, -0.1) is 0 Å². The summed E-state index contributed by atoms with van der Waals surface area (Å²) in [4.78, 5) is 22.7. The van der Waals surface area contributed by atoms with Gasteiger partial charge in [0.25, 0.3) is 0 Å². The van der Waals surface area contributed by atoms with Crippen LogP contribution in [0, 0.1) is 0 Å². The van der Waals surface area contributed by atoms with Crippen LogP contribution in [0.1, 0.15) is 22.8 Å². The molecule has 0 saturated carbocycles. The minimum atomic E-state index is -1.03. The number of ether oxygens (including phenoxy) is 1. The number of nitrogens with zero attached hydrogens (tertiary/aromatic N) is 2. The Bertz CT molecular complexity index is 718. The number of aryl methyl sites for hydroxylation is 1. The molecule has 1 aromatic heterocycles. The van der Waals surface area contributed by atoms with E-state index in [4.69, 9.17) is 9.84 Å². The maximum Gasteiger partial charge on any atom is 0.344 e. The number of carboxylic acid groups (broad SMARTS) is 1. The molecule has 6 heteroatoms. The number of aliphatic carboxylic acids is 1. The highest BCUT2D eigenvalue weighted by Gasteiger charge is 2.12. The number of allylic oxidation sites excluding steroid dienone is 1. The molecule has 0 spiro atoms. The molecule has 1 N–H and O–H groups in total. The van der Waals surface area contributed by atoms with Crippen molar-refractivity contribution >= 4 is 17.8 Å². The highest BCUT2D eigenvalue weighted by molar-refractivity contribution is 6.06. The second-order valence-electron chi connectivity index (χ2n) is 4.77. The third-order valence-corrected chi connectivity index (χ3v) is 2.94. The van der Waals surface area contributed by atoms with Gasteiger partial charge in [0, 0.05) is 13.2 Å². The Balaban J connectivity index is 2.08. The number of carboxylic acids is 1. The van der Waals surface area contributed by atoms with Gasteiger partial charge in [-0.2, -0.15) is 5.10 Å². The summed E-state index contributed by atoms with van der Waals surface area (Å²) >= 11 is 0. The van der Waals surface area contributed by atoms with Crippen LogP contribution in [0.3, 0.4) is 0 Å². The van der Waals surface area contributed by atoms with Crippen molar-refractivity contribution in [1.29, 1.82) is 0 Å². The summed E-state index contributed by atoms with van der Waals surface area (Å²) in [5.74, 6) is -0.753. The van der Waals surface area contributed by atoms with E-state index < -0.39 is 12.1 Å². The fourth-order valence-corrected chi connectivity index (χ4v) is 1.76. The molecule has 0 radical (unpaired) electrons. The average molecular weight is 300 g/mol. The minimum Gasteiger partial charge on any atom is -0.479 e. The van der Waals surface area contributed by atoms with Gasteiger partial charge in [0.2, 0.25) is 0 Å². The smallest absolute Gasteiger partial charge is 0.344 e. The molecule has 6 nitrogen and oxygen atoms in total. The Morgan fingerprint density at radius 3 is 2.82 bits per heavy atom. The molecule has 2 aromatic rings. The SMILES string of the molecule is CC(Oc1cccc(/C=C/C(=O)c2cnn(C)c2)c1)C(=O)O. The van der Waals surface area contributed by atoms with E-state index in [0.717, 1.165) is 5.56 Å². The monoisotopic (exact) mass is 300 g/mol. The van der Waals surface area contributed by atoms with Gasteiger partial charge in [-0.3, -0.25) is 9.48 Å². The van der Waals surface area contributed by atoms with E-state index in [1.54, 1.807) is 48.3 Å². The van der Waals surface area contributed by atoms with Crippen molar-refractivity contribution in [2.75, 3.05) is 0 Å². The number of carbonyl (C=O) groups is 2. The van der Waals surface area contributed by atoms with Crippen LogP contribution in [-0.4, -0.2) is 32.7 Å². The highest BCUT2D eigenvalue weighted by atomic mass is 16.5. The molecule has 0 aliphatic carbocycles. The molecule has 0 aliphatic rings. The zero-order chi connectivity index (χ0) is 16.1. The molecule has 0 fully saturated rings. The summed E-state index contributed by atoms with van der Waals surface area (Å²) in [5, 5.41) is 12.8. The van der Waals surface area contributed by atoms with Crippen molar-refractivity contribution < 1.29 is 19.4 Å². The van der Waals surface area contributed by atoms with E-state index in [2.05, 4.69) is 5.10 Å². The predicted molar refractivity (Wildman–Crippen MR) is 80.7 cm³/mol. The lowest BCUT2D eigenvalue weighted by Gasteiger charge is -2.10. The quantitative estimate of drug-likeness (QED) is 0.653. The molecule has 1 atom stereocenters. The van der Waals surface area contributed by atoms with Crippen molar-refractivity contribution in [3.63, 3.8) is 0 Å². The Morgan fingerprint density at radius 1 is 1.41 bits per heavy atom. The second kappa shape index (κ2) is 6.71.